The molecule has 0 saturated carbocycles. The molecule has 0 bridgehead atoms. The molecule has 3 rings (SSSR count). The Morgan fingerprint density at radius 3 is 2.68 bits per heavy atom. The van der Waals surface area contributed by atoms with Gasteiger partial charge >= 0.3 is 0 Å². The van der Waals surface area contributed by atoms with E-state index in [1.807, 2.05) is 32.0 Å². The Balaban J connectivity index is 1.59. The Labute approximate surface area is 192 Å². The number of anilines is 1. The van der Waals surface area contributed by atoms with Gasteiger partial charge in [0.15, 0.2) is 11.0 Å². The summed E-state index contributed by atoms with van der Waals surface area (Å²) in [6.07, 6.45) is 0. The van der Waals surface area contributed by atoms with E-state index < -0.39 is 5.82 Å². The van der Waals surface area contributed by atoms with E-state index >= 15 is 0 Å². The predicted octanol–water partition coefficient (Wildman–Crippen LogP) is 4.25. The molecule has 2 amide bonds. The molecule has 0 aliphatic rings. The van der Waals surface area contributed by atoms with Crippen LogP contribution in [-0.2, 0) is 11.8 Å². The highest BCUT2D eigenvalue weighted by Crippen LogP contribution is 2.22. The molecule has 1 atom stereocenters. The quantitative estimate of drug-likeness (QED) is 0.468. The van der Waals surface area contributed by atoms with E-state index in [0.29, 0.717) is 21.0 Å². The molecule has 1 heterocycles. The fourth-order valence-electron chi connectivity index (χ4n) is 2.90. The van der Waals surface area contributed by atoms with Crippen molar-refractivity contribution in [1.29, 1.82) is 0 Å². The van der Waals surface area contributed by atoms with Gasteiger partial charge in [-0.1, -0.05) is 45.9 Å². The molecule has 0 unspecified atom stereocenters. The molecular formula is C21H21BrFN5O2S. The normalized spacial score (nSPS) is 11.8. The first kappa shape index (κ1) is 23.0. The second-order valence-electron chi connectivity index (χ2n) is 6.87. The van der Waals surface area contributed by atoms with Gasteiger partial charge in [0.05, 0.1) is 17.5 Å². The summed E-state index contributed by atoms with van der Waals surface area (Å²) in [5.74, 6) is -0.489. The summed E-state index contributed by atoms with van der Waals surface area (Å²) in [4.78, 5) is 24.7. The number of aromatic nitrogens is 3. The first-order valence-electron chi connectivity index (χ1n) is 9.39. The molecular weight excluding hydrogens is 485 g/mol. The molecule has 2 N–H and O–H groups in total. The molecule has 0 aliphatic heterocycles. The van der Waals surface area contributed by atoms with Gasteiger partial charge in [-0.15, -0.1) is 10.2 Å². The topological polar surface area (TPSA) is 88.9 Å². The number of amides is 2. The lowest BCUT2D eigenvalue weighted by molar-refractivity contribution is -0.113. The number of thioether (sulfide) groups is 1. The second kappa shape index (κ2) is 10.1. The molecule has 3 aromatic rings. The van der Waals surface area contributed by atoms with E-state index in [1.165, 1.54) is 23.9 Å². The Morgan fingerprint density at radius 1 is 1.23 bits per heavy atom. The van der Waals surface area contributed by atoms with Crippen LogP contribution in [0.15, 0.2) is 52.1 Å². The standard InChI is InChI=1S/C21H21BrFN5O2S/c1-12-6-4-5-7-15(12)20(30)24-13(2)19-26-27-21(28(19)3)31-11-18(29)25-17-9-8-14(22)10-16(17)23/h4-10,13H,11H2,1-3H3,(H,24,30)(H,25,29)/t13-/m0/s1. The smallest absolute Gasteiger partial charge is 0.252 e. The van der Waals surface area contributed by atoms with Crippen LogP contribution in [-0.4, -0.2) is 32.3 Å². The molecule has 0 aliphatic carbocycles. The van der Waals surface area contributed by atoms with E-state index in [2.05, 4.69) is 36.8 Å². The zero-order valence-corrected chi connectivity index (χ0v) is 19.6. The van der Waals surface area contributed by atoms with Gasteiger partial charge in [-0.25, -0.2) is 4.39 Å². The number of hydrogen-bond donors (Lipinski definition) is 2. The Kier molecular flexibility index (Phi) is 7.45. The first-order valence-corrected chi connectivity index (χ1v) is 11.2. The molecule has 0 spiro atoms. The monoisotopic (exact) mass is 505 g/mol. The van der Waals surface area contributed by atoms with Crippen molar-refractivity contribution < 1.29 is 14.0 Å². The van der Waals surface area contributed by atoms with E-state index in [9.17, 15) is 14.0 Å². The van der Waals surface area contributed by atoms with Crippen LogP contribution < -0.4 is 10.6 Å². The number of carbonyl (C=O) groups excluding carboxylic acids is 2. The van der Waals surface area contributed by atoms with Crippen LogP contribution in [0.4, 0.5) is 10.1 Å². The van der Waals surface area contributed by atoms with Crippen molar-refractivity contribution in [2.45, 2.75) is 25.0 Å². The largest absolute Gasteiger partial charge is 0.342 e. The minimum absolute atomic E-state index is 0.0332. The lowest BCUT2D eigenvalue weighted by Crippen LogP contribution is -2.29. The van der Waals surface area contributed by atoms with Crippen LogP contribution in [0.3, 0.4) is 0 Å². The van der Waals surface area contributed by atoms with Crippen molar-refractivity contribution in [2.24, 2.45) is 7.05 Å². The van der Waals surface area contributed by atoms with Gasteiger partial charge in [-0.3, -0.25) is 9.59 Å². The number of hydrogen-bond acceptors (Lipinski definition) is 5. The SMILES string of the molecule is Cc1ccccc1C(=O)N[C@@H](C)c1nnc(SCC(=O)Nc2ccc(Br)cc2F)n1C. The van der Waals surface area contributed by atoms with Crippen molar-refractivity contribution in [2.75, 3.05) is 11.1 Å². The van der Waals surface area contributed by atoms with Crippen molar-refractivity contribution in [1.82, 2.24) is 20.1 Å². The summed E-state index contributed by atoms with van der Waals surface area (Å²) in [5.41, 5.74) is 1.59. The van der Waals surface area contributed by atoms with Crippen LogP contribution >= 0.6 is 27.7 Å². The number of aryl methyl sites for hydroxylation is 1. The van der Waals surface area contributed by atoms with Crippen LogP contribution in [0.5, 0.6) is 0 Å². The molecule has 0 radical (unpaired) electrons. The van der Waals surface area contributed by atoms with E-state index in [1.54, 1.807) is 23.7 Å². The number of nitrogens with one attached hydrogen (secondary N) is 2. The second-order valence-corrected chi connectivity index (χ2v) is 8.73. The van der Waals surface area contributed by atoms with Crippen molar-refractivity contribution >= 4 is 45.2 Å². The molecule has 31 heavy (non-hydrogen) atoms. The van der Waals surface area contributed by atoms with Gasteiger partial charge < -0.3 is 15.2 Å². The Morgan fingerprint density at radius 2 is 1.97 bits per heavy atom. The van der Waals surface area contributed by atoms with Crippen LogP contribution in [0.1, 0.15) is 34.7 Å². The Bertz CT molecular complexity index is 1120. The first-order chi connectivity index (χ1) is 14.8. The van der Waals surface area contributed by atoms with Gasteiger partial charge in [0.2, 0.25) is 5.91 Å². The molecule has 7 nitrogen and oxygen atoms in total. The highest BCUT2D eigenvalue weighted by molar-refractivity contribution is 9.10. The predicted molar refractivity (Wildman–Crippen MR) is 122 cm³/mol. The average Bonchev–Trinajstić information content (AvgIpc) is 3.09. The lowest BCUT2D eigenvalue weighted by atomic mass is 10.1. The summed E-state index contributed by atoms with van der Waals surface area (Å²) in [6.45, 7) is 3.69. The Hall–Kier alpha value is -2.72. The van der Waals surface area contributed by atoms with Gasteiger partial charge in [0, 0.05) is 17.1 Å². The summed E-state index contributed by atoms with van der Waals surface area (Å²) in [5, 5.41) is 14.2. The molecule has 10 heteroatoms. The summed E-state index contributed by atoms with van der Waals surface area (Å²) in [6, 6.07) is 11.4. The molecule has 1 aromatic heterocycles. The number of rotatable bonds is 7. The van der Waals surface area contributed by atoms with E-state index in [0.717, 1.165) is 5.56 Å². The molecule has 2 aromatic carbocycles. The van der Waals surface area contributed by atoms with Crippen LogP contribution in [0.25, 0.3) is 0 Å². The maximum absolute atomic E-state index is 13.9. The van der Waals surface area contributed by atoms with Gasteiger partial charge in [-0.05, 0) is 43.7 Å². The van der Waals surface area contributed by atoms with Gasteiger partial charge in [0.1, 0.15) is 5.82 Å². The third-order valence-electron chi connectivity index (χ3n) is 4.53. The molecule has 0 fully saturated rings. The number of nitrogens with zero attached hydrogens (tertiary/aromatic N) is 3. The van der Waals surface area contributed by atoms with E-state index in [-0.39, 0.29) is 29.3 Å². The van der Waals surface area contributed by atoms with Gasteiger partial charge in [0.25, 0.3) is 5.91 Å². The van der Waals surface area contributed by atoms with Crippen molar-refractivity contribution in [3.8, 4) is 0 Å². The summed E-state index contributed by atoms with van der Waals surface area (Å²) < 4.78 is 16.2. The third-order valence-corrected chi connectivity index (χ3v) is 6.04. The summed E-state index contributed by atoms with van der Waals surface area (Å²) in [7, 11) is 1.76. The highest BCUT2D eigenvalue weighted by Gasteiger charge is 2.20. The van der Waals surface area contributed by atoms with Gasteiger partial charge in [-0.2, -0.15) is 0 Å². The highest BCUT2D eigenvalue weighted by atomic mass is 79.9. The van der Waals surface area contributed by atoms with E-state index in [4.69, 9.17) is 0 Å². The molecule has 162 valence electrons. The minimum atomic E-state index is -0.521. The average molecular weight is 506 g/mol. The fourth-order valence-corrected chi connectivity index (χ4v) is 3.95. The maximum Gasteiger partial charge on any atom is 0.252 e. The van der Waals surface area contributed by atoms with Crippen LogP contribution in [0.2, 0.25) is 0 Å². The minimum Gasteiger partial charge on any atom is -0.342 e. The zero-order chi connectivity index (χ0) is 22.5. The van der Waals surface area contributed by atoms with Crippen molar-refractivity contribution in [3.63, 3.8) is 0 Å². The fraction of sp³-hybridized carbons (Fsp3) is 0.238. The number of halogens is 2. The number of benzene rings is 2. The molecule has 0 saturated heterocycles. The van der Waals surface area contributed by atoms with Crippen molar-refractivity contribution in [3.05, 3.63) is 69.7 Å². The lowest BCUT2D eigenvalue weighted by Gasteiger charge is -2.14. The third kappa shape index (κ3) is 5.71. The zero-order valence-electron chi connectivity index (χ0n) is 17.1. The number of carbonyl (C=O) groups is 2. The van der Waals surface area contributed by atoms with Crippen LogP contribution in [0, 0.1) is 12.7 Å². The maximum atomic E-state index is 13.9. The summed E-state index contributed by atoms with van der Waals surface area (Å²) >= 11 is 4.35.